The van der Waals surface area contributed by atoms with Gasteiger partial charge in [0.1, 0.15) is 5.75 Å². The molecule has 128 valence electrons. The van der Waals surface area contributed by atoms with Gasteiger partial charge in [-0.25, -0.2) is 4.98 Å². The Balaban J connectivity index is 1.99. The number of rotatable bonds is 7. The Kier molecular flexibility index (Phi) is 6.31. The Labute approximate surface area is 145 Å². The van der Waals surface area contributed by atoms with Crippen molar-refractivity contribution >= 4 is 28.7 Å². The van der Waals surface area contributed by atoms with Crippen molar-refractivity contribution < 1.29 is 14.6 Å². The highest BCUT2D eigenvalue weighted by Crippen LogP contribution is 2.27. The van der Waals surface area contributed by atoms with Gasteiger partial charge in [-0.2, -0.15) is 5.10 Å². The molecule has 0 amide bonds. The predicted octanol–water partition coefficient (Wildman–Crippen LogP) is 3.52. The highest BCUT2D eigenvalue weighted by Gasteiger charge is 2.09. The van der Waals surface area contributed by atoms with Crippen molar-refractivity contribution in [3.8, 4) is 5.75 Å². The van der Waals surface area contributed by atoms with E-state index in [0.29, 0.717) is 23.0 Å². The van der Waals surface area contributed by atoms with Crippen molar-refractivity contribution in [3.05, 3.63) is 40.4 Å². The zero-order valence-electron chi connectivity index (χ0n) is 13.9. The molecule has 2 N–H and O–H groups in total. The van der Waals surface area contributed by atoms with Crippen molar-refractivity contribution in [3.63, 3.8) is 0 Å². The molecule has 24 heavy (non-hydrogen) atoms. The van der Waals surface area contributed by atoms with Crippen molar-refractivity contribution in [2.75, 3.05) is 12.0 Å². The van der Waals surface area contributed by atoms with Crippen molar-refractivity contribution in [2.24, 2.45) is 5.10 Å². The van der Waals surface area contributed by atoms with Crippen LogP contribution >= 0.6 is 11.3 Å². The normalized spacial score (nSPS) is 11.2. The summed E-state index contributed by atoms with van der Waals surface area (Å²) in [4.78, 5) is 15.7. The van der Waals surface area contributed by atoms with Gasteiger partial charge in [-0.3, -0.25) is 10.2 Å². The van der Waals surface area contributed by atoms with Crippen LogP contribution in [0.4, 0.5) is 5.13 Å². The number of benzene rings is 1. The molecule has 1 heterocycles. The van der Waals surface area contributed by atoms with Crippen LogP contribution in [-0.4, -0.2) is 28.9 Å². The first-order valence-corrected chi connectivity index (χ1v) is 8.60. The average Bonchev–Trinajstić information content (AvgIpc) is 2.96. The number of phenolic OH excluding ortho intramolecular Hbond substituents is 1. The highest BCUT2D eigenvalue weighted by molar-refractivity contribution is 7.13. The molecule has 0 saturated heterocycles. The summed E-state index contributed by atoms with van der Waals surface area (Å²) < 4.78 is 4.89. The molecule has 6 nitrogen and oxygen atoms in total. The van der Waals surface area contributed by atoms with E-state index in [1.807, 2.05) is 26.0 Å². The Bertz CT molecular complexity index is 726. The van der Waals surface area contributed by atoms with E-state index in [1.165, 1.54) is 11.3 Å². The summed E-state index contributed by atoms with van der Waals surface area (Å²) in [6.45, 7) is 6.17. The van der Waals surface area contributed by atoms with Gasteiger partial charge in [-0.05, 0) is 24.5 Å². The second-order valence-corrected chi connectivity index (χ2v) is 6.29. The SMILES string of the molecule is CCOC(=O)Cc1csc(NN=Cc2cccc(C(C)C)c2O)n1. The standard InChI is InChI=1S/C17H21N3O3S/c1-4-23-15(21)8-13-10-24-17(19-13)20-18-9-12-6-5-7-14(11(2)3)16(12)22/h5-7,9-11,22H,4,8H2,1-3H3,(H,19,20). The molecule has 1 aromatic heterocycles. The van der Waals surface area contributed by atoms with Crippen LogP contribution in [0.3, 0.4) is 0 Å². The van der Waals surface area contributed by atoms with Crippen molar-refractivity contribution in [2.45, 2.75) is 33.1 Å². The number of aromatic hydroxyl groups is 1. The number of ether oxygens (including phenoxy) is 1. The molecule has 0 aliphatic carbocycles. The lowest BCUT2D eigenvalue weighted by atomic mass is 9.99. The number of carbonyl (C=O) groups is 1. The van der Waals surface area contributed by atoms with Crippen LogP contribution in [0.15, 0.2) is 28.7 Å². The third kappa shape index (κ3) is 4.79. The fraction of sp³-hybridized carbons (Fsp3) is 0.353. The number of carbonyl (C=O) groups excluding carboxylic acids is 1. The Morgan fingerprint density at radius 3 is 3.00 bits per heavy atom. The molecule has 0 aliphatic rings. The van der Waals surface area contributed by atoms with E-state index in [1.54, 1.807) is 24.6 Å². The average molecular weight is 347 g/mol. The quantitative estimate of drug-likeness (QED) is 0.455. The van der Waals surface area contributed by atoms with Gasteiger partial charge in [0.15, 0.2) is 0 Å². The number of hydrazone groups is 1. The monoisotopic (exact) mass is 347 g/mol. The minimum atomic E-state index is -0.298. The minimum absolute atomic E-state index is 0.146. The number of para-hydroxylation sites is 1. The van der Waals surface area contributed by atoms with Gasteiger partial charge >= 0.3 is 5.97 Å². The zero-order chi connectivity index (χ0) is 17.5. The topological polar surface area (TPSA) is 83.8 Å². The summed E-state index contributed by atoms with van der Waals surface area (Å²) in [6.07, 6.45) is 1.70. The number of nitrogens with one attached hydrogen (secondary N) is 1. The van der Waals surface area contributed by atoms with E-state index in [4.69, 9.17) is 4.74 Å². The molecule has 0 aliphatic heterocycles. The summed E-state index contributed by atoms with van der Waals surface area (Å²) in [6, 6.07) is 5.57. The number of thiazole rings is 1. The Hall–Kier alpha value is -2.41. The molecule has 1 aromatic carbocycles. The molecule has 2 rings (SSSR count). The van der Waals surface area contributed by atoms with E-state index >= 15 is 0 Å². The highest BCUT2D eigenvalue weighted by atomic mass is 32.1. The Morgan fingerprint density at radius 1 is 1.50 bits per heavy atom. The lowest BCUT2D eigenvalue weighted by Crippen LogP contribution is -2.07. The van der Waals surface area contributed by atoms with Gasteiger partial charge in [-0.1, -0.05) is 26.0 Å². The van der Waals surface area contributed by atoms with E-state index in [9.17, 15) is 9.90 Å². The maximum Gasteiger partial charge on any atom is 0.311 e. The molecule has 0 radical (unpaired) electrons. The van der Waals surface area contributed by atoms with Gasteiger partial charge in [0, 0.05) is 10.9 Å². The number of nitrogens with zero attached hydrogens (tertiary/aromatic N) is 2. The molecular formula is C17H21N3O3S. The first-order chi connectivity index (χ1) is 11.5. The first kappa shape index (κ1) is 17.9. The number of anilines is 1. The number of hydrogen-bond donors (Lipinski definition) is 2. The largest absolute Gasteiger partial charge is 0.507 e. The number of esters is 1. The molecular weight excluding hydrogens is 326 g/mol. The van der Waals surface area contributed by atoms with Gasteiger partial charge in [0.2, 0.25) is 5.13 Å². The maximum atomic E-state index is 11.4. The lowest BCUT2D eigenvalue weighted by molar-refractivity contribution is -0.142. The van der Waals surface area contributed by atoms with E-state index in [2.05, 4.69) is 15.5 Å². The van der Waals surface area contributed by atoms with Crippen LogP contribution in [0.25, 0.3) is 0 Å². The van der Waals surface area contributed by atoms with Crippen molar-refractivity contribution in [1.29, 1.82) is 0 Å². The van der Waals surface area contributed by atoms with Gasteiger partial charge in [0.25, 0.3) is 0 Å². The van der Waals surface area contributed by atoms with Crippen LogP contribution in [0.2, 0.25) is 0 Å². The number of hydrogen-bond acceptors (Lipinski definition) is 7. The molecule has 0 saturated carbocycles. The van der Waals surface area contributed by atoms with E-state index < -0.39 is 0 Å². The fourth-order valence-electron chi connectivity index (χ4n) is 2.11. The van der Waals surface area contributed by atoms with Gasteiger partial charge in [0.05, 0.1) is 24.9 Å². The minimum Gasteiger partial charge on any atom is -0.507 e. The van der Waals surface area contributed by atoms with Gasteiger partial charge < -0.3 is 9.84 Å². The van der Waals surface area contributed by atoms with E-state index in [-0.39, 0.29) is 24.1 Å². The second-order valence-electron chi connectivity index (χ2n) is 5.44. The zero-order valence-corrected chi connectivity index (χ0v) is 14.8. The summed E-state index contributed by atoms with van der Waals surface area (Å²) >= 11 is 1.35. The van der Waals surface area contributed by atoms with Crippen LogP contribution in [0.5, 0.6) is 5.75 Å². The summed E-state index contributed by atoms with van der Waals surface area (Å²) in [7, 11) is 0. The third-order valence-electron chi connectivity index (χ3n) is 3.27. The second kappa shape index (κ2) is 8.44. The summed E-state index contributed by atoms with van der Waals surface area (Å²) in [5.74, 6) is 0.171. The number of phenols is 1. The molecule has 0 unspecified atom stereocenters. The van der Waals surface area contributed by atoms with Crippen LogP contribution in [-0.2, 0) is 16.0 Å². The number of aromatic nitrogens is 1. The van der Waals surface area contributed by atoms with Crippen LogP contribution in [0, 0.1) is 0 Å². The summed E-state index contributed by atoms with van der Waals surface area (Å²) in [5.41, 5.74) is 4.96. The maximum absolute atomic E-state index is 11.4. The molecule has 0 bridgehead atoms. The third-order valence-corrected chi connectivity index (χ3v) is 4.06. The molecule has 2 aromatic rings. The molecule has 0 spiro atoms. The molecule has 7 heteroatoms. The smallest absolute Gasteiger partial charge is 0.311 e. The Morgan fingerprint density at radius 2 is 2.29 bits per heavy atom. The van der Waals surface area contributed by atoms with Crippen LogP contribution < -0.4 is 5.43 Å². The molecule has 0 fully saturated rings. The predicted molar refractivity (Wildman–Crippen MR) is 95.9 cm³/mol. The fourth-order valence-corrected chi connectivity index (χ4v) is 2.77. The van der Waals surface area contributed by atoms with Crippen molar-refractivity contribution in [1.82, 2.24) is 4.98 Å². The first-order valence-electron chi connectivity index (χ1n) is 7.72. The van der Waals surface area contributed by atoms with E-state index in [0.717, 1.165) is 5.56 Å². The molecule has 0 atom stereocenters. The van der Waals surface area contributed by atoms with Crippen LogP contribution in [0.1, 0.15) is 43.5 Å². The summed E-state index contributed by atoms with van der Waals surface area (Å²) in [5, 5.41) is 16.7. The van der Waals surface area contributed by atoms with Gasteiger partial charge in [-0.15, -0.1) is 11.3 Å². The lowest BCUT2D eigenvalue weighted by Gasteiger charge is -2.09.